The summed E-state index contributed by atoms with van der Waals surface area (Å²) >= 11 is 0. The van der Waals surface area contributed by atoms with Crippen LogP contribution in [0.3, 0.4) is 0 Å². The summed E-state index contributed by atoms with van der Waals surface area (Å²) in [4.78, 5) is 0. The monoisotopic (exact) mass is 246 g/mol. The molecule has 0 aromatic rings. The predicted octanol–water partition coefficient (Wildman–Crippen LogP) is -6.38. The number of halogens is 2. The van der Waals surface area contributed by atoms with E-state index in [1.807, 2.05) is 0 Å². The molecule has 0 aromatic carbocycles. The van der Waals surface area contributed by atoms with Crippen LogP contribution in [0.2, 0.25) is 0 Å². The van der Waals surface area contributed by atoms with Crippen LogP contribution in [0.25, 0.3) is 0 Å². The average molecular weight is 250 g/mol. The van der Waals surface area contributed by atoms with E-state index in [2.05, 4.69) is 0 Å². The van der Waals surface area contributed by atoms with Gasteiger partial charge in [-0.25, -0.2) is 0 Å². The first-order chi connectivity index (χ1) is 0. The first-order valence-corrected chi connectivity index (χ1v) is 0. The third-order valence-electron chi connectivity index (χ3n) is 0. The third kappa shape index (κ3) is 8.84. The van der Waals surface area contributed by atoms with E-state index in [4.69, 9.17) is 0 Å². The van der Waals surface area contributed by atoms with Crippen LogP contribution < -0.4 is 34.0 Å². The van der Waals surface area contributed by atoms with Crippen molar-refractivity contribution in [3.8, 4) is 0 Å². The van der Waals surface area contributed by atoms with E-state index < -0.39 is 0 Å². The van der Waals surface area contributed by atoms with Crippen LogP contribution in [0, 0.1) is 0 Å². The minimum absolute atomic E-state index is 0. The van der Waals surface area contributed by atoms with Crippen molar-refractivity contribution in [3.05, 3.63) is 0 Å². The fraction of sp³-hybridized carbons (Fsp3) is 0. The summed E-state index contributed by atoms with van der Waals surface area (Å²) in [5.74, 6) is 0. The maximum absolute atomic E-state index is 0. The molecule has 0 heterocycles. The fourth-order valence-electron chi connectivity index (χ4n) is 0. The van der Waals surface area contributed by atoms with E-state index >= 15 is 0 Å². The van der Waals surface area contributed by atoms with E-state index in [0.717, 1.165) is 0 Å². The molecule has 0 aromatic heterocycles. The Morgan fingerprint density at radius 3 is 0.750 bits per heavy atom. The quantitative estimate of drug-likeness (QED) is 0.375. The molecular formula is Br2MgZn+2. The van der Waals surface area contributed by atoms with Crippen molar-refractivity contribution in [2.45, 2.75) is 0 Å². The Morgan fingerprint density at radius 2 is 0.750 bits per heavy atom. The molecule has 4 heavy (non-hydrogen) atoms. The van der Waals surface area contributed by atoms with Crippen molar-refractivity contribution in [3.63, 3.8) is 0 Å². The Morgan fingerprint density at radius 1 is 0.750 bits per heavy atom. The molecule has 0 aliphatic carbocycles. The van der Waals surface area contributed by atoms with Gasteiger partial charge in [-0.1, -0.05) is 0 Å². The molecule has 0 aliphatic heterocycles. The smallest absolute Gasteiger partial charge is 1.00 e. The van der Waals surface area contributed by atoms with Crippen LogP contribution in [0.5, 0.6) is 0 Å². The molecule has 0 rings (SSSR count). The van der Waals surface area contributed by atoms with Crippen molar-refractivity contribution >= 4 is 23.1 Å². The van der Waals surface area contributed by atoms with Crippen LogP contribution in [-0.4, -0.2) is 23.1 Å². The molecule has 16 valence electrons. The largest absolute Gasteiger partial charge is 2.00 e. The second-order valence-corrected chi connectivity index (χ2v) is 0. The summed E-state index contributed by atoms with van der Waals surface area (Å²) in [6.45, 7) is 0. The van der Waals surface area contributed by atoms with E-state index in [1.54, 1.807) is 0 Å². The molecule has 0 saturated heterocycles. The zero-order valence-electron chi connectivity index (χ0n) is 2.17. The Bertz CT molecular complexity index is 6.00. The number of hydrogen-bond donors (Lipinski definition) is 0. The Balaban J connectivity index is 0. The molecule has 0 aliphatic rings. The average Bonchev–Trinajstić information content (AvgIpc) is 0. The number of hydrogen-bond acceptors (Lipinski definition) is 0. The zero-order valence-corrected chi connectivity index (χ0v) is 9.72. The van der Waals surface area contributed by atoms with Crippen molar-refractivity contribution in [1.29, 1.82) is 0 Å². The van der Waals surface area contributed by atoms with Crippen LogP contribution in [0.4, 0.5) is 0 Å². The first-order valence-electron chi connectivity index (χ1n) is 0. The molecular weight excluding hydrogens is 250 g/mol. The zero-order chi connectivity index (χ0) is 0. The fourth-order valence-corrected chi connectivity index (χ4v) is 0. The third-order valence-corrected chi connectivity index (χ3v) is 0. The van der Waals surface area contributed by atoms with E-state index in [-0.39, 0.29) is 76.5 Å². The minimum Gasteiger partial charge on any atom is -1.00 e. The molecule has 0 unspecified atom stereocenters. The second-order valence-electron chi connectivity index (χ2n) is 0. The van der Waals surface area contributed by atoms with E-state index in [9.17, 15) is 0 Å². The van der Waals surface area contributed by atoms with Crippen molar-refractivity contribution in [1.82, 2.24) is 0 Å². The molecule has 0 saturated carbocycles. The minimum atomic E-state index is 0. The first kappa shape index (κ1) is 32.9. The van der Waals surface area contributed by atoms with Crippen LogP contribution in [-0.2, 0) is 19.5 Å². The van der Waals surface area contributed by atoms with E-state index in [1.165, 1.54) is 0 Å². The topological polar surface area (TPSA) is 0 Å². The SMILES string of the molecule is [Br-].[Br-].[Mg+2].[Zn+2]. The Kier molecular flexibility index (Phi) is 151. The molecule has 0 spiro atoms. The van der Waals surface area contributed by atoms with Crippen molar-refractivity contribution < 1.29 is 53.4 Å². The van der Waals surface area contributed by atoms with Gasteiger partial charge in [0.1, 0.15) is 0 Å². The summed E-state index contributed by atoms with van der Waals surface area (Å²) in [6.07, 6.45) is 0. The van der Waals surface area contributed by atoms with Gasteiger partial charge in [-0.2, -0.15) is 0 Å². The van der Waals surface area contributed by atoms with Crippen LogP contribution >= 0.6 is 0 Å². The summed E-state index contributed by atoms with van der Waals surface area (Å²) in [5, 5.41) is 0. The normalized spacial score (nSPS) is 0. The molecule has 4 heteroatoms. The summed E-state index contributed by atoms with van der Waals surface area (Å²) in [7, 11) is 0. The maximum atomic E-state index is 0. The Labute approximate surface area is 75.5 Å². The van der Waals surface area contributed by atoms with E-state index in [0.29, 0.717) is 0 Å². The van der Waals surface area contributed by atoms with Crippen molar-refractivity contribution in [2.24, 2.45) is 0 Å². The molecule has 0 nitrogen and oxygen atoms in total. The van der Waals surface area contributed by atoms with Gasteiger partial charge in [0.05, 0.1) is 0 Å². The molecule has 0 atom stereocenters. The van der Waals surface area contributed by atoms with Gasteiger partial charge in [-0.15, -0.1) is 0 Å². The van der Waals surface area contributed by atoms with Gasteiger partial charge in [0.25, 0.3) is 0 Å². The molecule has 0 radical (unpaired) electrons. The summed E-state index contributed by atoms with van der Waals surface area (Å²) < 4.78 is 0. The van der Waals surface area contributed by atoms with Gasteiger partial charge >= 0.3 is 42.5 Å². The molecule has 0 bridgehead atoms. The second kappa shape index (κ2) is 18.3. The van der Waals surface area contributed by atoms with Gasteiger partial charge in [-0.05, 0) is 0 Å². The number of rotatable bonds is 0. The standard InChI is InChI=1S/2BrH.Mg.Zn/h2*1H;;/q;;2*+2/p-2. The Hall–Kier alpha value is 2.35. The molecule has 0 fully saturated rings. The van der Waals surface area contributed by atoms with Gasteiger partial charge < -0.3 is 34.0 Å². The van der Waals surface area contributed by atoms with Gasteiger partial charge in [-0.3, -0.25) is 0 Å². The predicted molar refractivity (Wildman–Crippen MR) is 5.75 cm³/mol. The summed E-state index contributed by atoms with van der Waals surface area (Å²) in [5.41, 5.74) is 0. The van der Waals surface area contributed by atoms with Crippen LogP contribution in [0.15, 0.2) is 0 Å². The van der Waals surface area contributed by atoms with Gasteiger partial charge in [0.2, 0.25) is 0 Å². The van der Waals surface area contributed by atoms with Crippen LogP contribution in [0.1, 0.15) is 0 Å². The molecule has 0 N–H and O–H groups in total. The molecule has 0 amide bonds. The maximum Gasteiger partial charge on any atom is 2.00 e. The summed E-state index contributed by atoms with van der Waals surface area (Å²) in [6, 6.07) is 0. The van der Waals surface area contributed by atoms with Gasteiger partial charge in [0.15, 0.2) is 0 Å². The van der Waals surface area contributed by atoms with Gasteiger partial charge in [0, 0.05) is 0 Å². The van der Waals surface area contributed by atoms with Crippen molar-refractivity contribution in [2.75, 3.05) is 0 Å².